The molecule has 0 fully saturated rings. The number of furan rings is 2. The lowest BCUT2D eigenvalue weighted by molar-refractivity contribution is 0.0973. The maximum absolute atomic E-state index is 13.2. The fraction of sp³-hybridized carbons (Fsp3) is 0.172. The Balaban J connectivity index is 1.78. The molecule has 4 heteroatoms. The van der Waals surface area contributed by atoms with Crippen LogP contribution < -0.4 is 0 Å². The summed E-state index contributed by atoms with van der Waals surface area (Å²) < 4.78 is 12.2. The minimum absolute atomic E-state index is 0.0146. The summed E-state index contributed by atoms with van der Waals surface area (Å²) in [7, 11) is 0. The van der Waals surface area contributed by atoms with Gasteiger partial charge in [0.1, 0.15) is 22.7 Å². The molecule has 2 aromatic heterocycles. The highest BCUT2D eigenvalue weighted by atomic mass is 16.3. The maximum Gasteiger partial charge on any atom is 0.163 e. The fourth-order valence-corrected chi connectivity index (χ4v) is 4.25. The molecule has 0 saturated heterocycles. The number of rotatable bonds is 7. The highest BCUT2D eigenvalue weighted by Gasteiger charge is 2.23. The van der Waals surface area contributed by atoms with E-state index in [1.54, 1.807) is 12.1 Å². The number of carbonyl (C=O) groups excluding carboxylic acids is 2. The van der Waals surface area contributed by atoms with E-state index in [1.165, 1.54) is 0 Å². The summed E-state index contributed by atoms with van der Waals surface area (Å²) >= 11 is 0. The molecule has 0 aliphatic carbocycles. The Morgan fingerprint density at radius 1 is 0.667 bits per heavy atom. The molecule has 0 unspecified atom stereocenters. The van der Waals surface area contributed by atoms with Crippen molar-refractivity contribution in [2.75, 3.05) is 0 Å². The molecule has 0 bridgehead atoms. The lowest BCUT2D eigenvalue weighted by Crippen LogP contribution is -2.06. The van der Waals surface area contributed by atoms with Gasteiger partial charge in [-0.1, -0.05) is 50.2 Å². The topological polar surface area (TPSA) is 60.4 Å². The van der Waals surface area contributed by atoms with Crippen LogP contribution in [0.4, 0.5) is 0 Å². The quantitative estimate of drug-likeness (QED) is 0.242. The normalized spacial score (nSPS) is 11.3. The zero-order chi connectivity index (χ0) is 22.9. The van der Waals surface area contributed by atoms with Crippen LogP contribution in [0.25, 0.3) is 44.6 Å². The third-order valence-corrected chi connectivity index (χ3v) is 5.94. The van der Waals surface area contributed by atoms with Crippen LogP contribution in [0.2, 0.25) is 0 Å². The van der Waals surface area contributed by atoms with Gasteiger partial charge >= 0.3 is 0 Å². The van der Waals surface area contributed by atoms with Crippen molar-refractivity contribution >= 4 is 33.5 Å². The molecule has 0 radical (unpaired) electrons. The summed E-state index contributed by atoms with van der Waals surface area (Å²) in [6.07, 6.45) is 1.48. The highest BCUT2D eigenvalue weighted by Crippen LogP contribution is 2.38. The van der Waals surface area contributed by atoms with Gasteiger partial charge in [-0.15, -0.1) is 0 Å². The minimum Gasteiger partial charge on any atom is -0.456 e. The van der Waals surface area contributed by atoms with Crippen molar-refractivity contribution in [3.8, 4) is 22.6 Å². The van der Waals surface area contributed by atoms with Gasteiger partial charge in [0.25, 0.3) is 0 Å². The molecule has 0 aliphatic rings. The second-order valence-electron chi connectivity index (χ2n) is 8.19. The van der Waals surface area contributed by atoms with Gasteiger partial charge in [-0.05, 0) is 42.8 Å². The first-order valence-electron chi connectivity index (χ1n) is 11.3. The zero-order valence-corrected chi connectivity index (χ0v) is 18.7. The number of hydrogen-bond donors (Lipinski definition) is 0. The Kier molecular flexibility index (Phi) is 5.43. The highest BCUT2D eigenvalue weighted by molar-refractivity contribution is 6.09. The van der Waals surface area contributed by atoms with Gasteiger partial charge < -0.3 is 8.83 Å². The lowest BCUT2D eigenvalue weighted by atomic mass is 9.90. The van der Waals surface area contributed by atoms with Crippen molar-refractivity contribution in [2.24, 2.45) is 0 Å². The van der Waals surface area contributed by atoms with Crippen LogP contribution in [-0.2, 0) is 0 Å². The number of ketones is 2. The van der Waals surface area contributed by atoms with E-state index >= 15 is 0 Å². The molecule has 0 atom stereocenters. The van der Waals surface area contributed by atoms with Gasteiger partial charge in [0.05, 0.1) is 0 Å². The van der Waals surface area contributed by atoms with Gasteiger partial charge in [0, 0.05) is 45.9 Å². The van der Waals surface area contributed by atoms with E-state index in [0.717, 1.165) is 28.4 Å². The Bertz CT molecular complexity index is 1430. The molecule has 0 aliphatic heterocycles. The Hall–Kier alpha value is -3.92. The second kappa shape index (κ2) is 8.55. The molecule has 0 spiro atoms. The lowest BCUT2D eigenvalue weighted by Gasteiger charge is -2.13. The van der Waals surface area contributed by atoms with E-state index in [1.807, 2.05) is 74.5 Å². The largest absolute Gasteiger partial charge is 0.456 e. The Morgan fingerprint density at radius 2 is 1.15 bits per heavy atom. The molecule has 33 heavy (non-hydrogen) atoms. The van der Waals surface area contributed by atoms with E-state index < -0.39 is 0 Å². The van der Waals surface area contributed by atoms with Crippen molar-refractivity contribution in [2.45, 2.75) is 33.1 Å². The number of carbonyl (C=O) groups is 2. The van der Waals surface area contributed by atoms with Crippen LogP contribution in [0.1, 0.15) is 53.8 Å². The van der Waals surface area contributed by atoms with Gasteiger partial charge in [0.15, 0.2) is 11.6 Å². The number of benzene rings is 3. The van der Waals surface area contributed by atoms with Crippen LogP contribution in [0.15, 0.2) is 81.6 Å². The number of para-hydroxylation sites is 2. The molecule has 164 valence electrons. The zero-order valence-electron chi connectivity index (χ0n) is 18.7. The third kappa shape index (κ3) is 3.78. The van der Waals surface area contributed by atoms with Crippen LogP contribution in [0.5, 0.6) is 0 Å². The molecular formula is C29H24O4. The van der Waals surface area contributed by atoms with Gasteiger partial charge in [-0.2, -0.15) is 0 Å². The number of hydrogen-bond acceptors (Lipinski definition) is 4. The predicted molar refractivity (Wildman–Crippen MR) is 131 cm³/mol. The van der Waals surface area contributed by atoms with Crippen molar-refractivity contribution < 1.29 is 18.4 Å². The van der Waals surface area contributed by atoms with Crippen molar-refractivity contribution in [1.82, 2.24) is 0 Å². The SMILES string of the molecule is CCCC(=O)c1cc(-c2cc3ccccc3o2)c(C(=O)CC)cc1-c1cc2ccccc2o1. The summed E-state index contributed by atoms with van der Waals surface area (Å²) in [4.78, 5) is 26.2. The van der Waals surface area contributed by atoms with E-state index in [2.05, 4.69) is 0 Å². The van der Waals surface area contributed by atoms with Crippen LogP contribution in [0.3, 0.4) is 0 Å². The molecule has 2 heterocycles. The molecule has 0 amide bonds. The van der Waals surface area contributed by atoms with Gasteiger partial charge in [0.2, 0.25) is 0 Å². The van der Waals surface area contributed by atoms with E-state index in [4.69, 9.17) is 8.83 Å². The molecule has 4 nitrogen and oxygen atoms in total. The molecule has 0 saturated carbocycles. The minimum atomic E-state index is -0.0164. The predicted octanol–water partition coefficient (Wildman–Crippen LogP) is 8.09. The van der Waals surface area contributed by atoms with Crippen LogP contribution in [0, 0.1) is 0 Å². The second-order valence-corrected chi connectivity index (χ2v) is 8.19. The summed E-state index contributed by atoms with van der Waals surface area (Å²) in [6.45, 7) is 3.82. The van der Waals surface area contributed by atoms with Gasteiger partial charge in [-0.3, -0.25) is 9.59 Å². The van der Waals surface area contributed by atoms with Crippen molar-refractivity contribution in [3.63, 3.8) is 0 Å². The summed E-state index contributed by atoms with van der Waals surface area (Å²) in [6, 6.07) is 22.9. The molecular weight excluding hydrogens is 412 g/mol. The summed E-state index contributed by atoms with van der Waals surface area (Å²) in [5.74, 6) is 1.16. The number of fused-ring (bicyclic) bond motifs is 2. The maximum atomic E-state index is 13.2. The van der Waals surface area contributed by atoms with Crippen molar-refractivity contribution in [3.05, 3.63) is 83.9 Å². The van der Waals surface area contributed by atoms with E-state index in [9.17, 15) is 9.59 Å². The number of Topliss-reactive ketones (excluding diaryl/α,β-unsaturated/α-hetero) is 2. The molecule has 0 N–H and O–H groups in total. The first-order chi connectivity index (χ1) is 16.1. The average Bonchev–Trinajstić information content (AvgIpc) is 3.47. The van der Waals surface area contributed by atoms with Gasteiger partial charge in [-0.25, -0.2) is 0 Å². The third-order valence-electron chi connectivity index (χ3n) is 5.94. The first-order valence-corrected chi connectivity index (χ1v) is 11.3. The monoisotopic (exact) mass is 436 g/mol. The average molecular weight is 437 g/mol. The van der Waals surface area contributed by atoms with Crippen molar-refractivity contribution in [1.29, 1.82) is 0 Å². The van der Waals surface area contributed by atoms with Crippen LogP contribution in [-0.4, -0.2) is 11.6 Å². The smallest absolute Gasteiger partial charge is 0.163 e. The summed E-state index contributed by atoms with van der Waals surface area (Å²) in [5.41, 5.74) is 3.83. The molecule has 5 aromatic rings. The van der Waals surface area contributed by atoms with E-state index in [-0.39, 0.29) is 11.6 Å². The first kappa shape index (κ1) is 21.0. The standard InChI is InChI=1S/C29H24O4/c1-3-9-25(31)21-17-22(28-14-18-10-5-7-12-26(18)32-28)20(24(30)4-2)16-23(21)29-15-19-11-6-8-13-27(19)33-29/h5-8,10-17H,3-4,9H2,1-2H3. The Morgan fingerprint density at radius 3 is 1.61 bits per heavy atom. The summed E-state index contributed by atoms with van der Waals surface area (Å²) in [5, 5.41) is 1.90. The molecule has 5 rings (SSSR count). The van der Waals surface area contributed by atoms with E-state index in [0.29, 0.717) is 46.6 Å². The Labute approximate surface area is 191 Å². The van der Waals surface area contributed by atoms with Crippen LogP contribution >= 0.6 is 0 Å². The fourth-order valence-electron chi connectivity index (χ4n) is 4.25. The molecule has 3 aromatic carbocycles.